The number of hydrogen-bond donors (Lipinski definition) is 0. The van der Waals surface area contributed by atoms with Crippen molar-refractivity contribution in [3.63, 3.8) is 0 Å². The molecule has 78 valence electrons. The van der Waals surface area contributed by atoms with Crippen LogP contribution in [0.2, 0.25) is 0 Å². The van der Waals surface area contributed by atoms with E-state index in [9.17, 15) is 0 Å². The van der Waals surface area contributed by atoms with Gasteiger partial charge >= 0.3 is 0 Å². The second-order valence-corrected chi connectivity index (χ2v) is 7.46. The topological polar surface area (TPSA) is 0 Å². The molecule has 0 heteroatoms. The van der Waals surface area contributed by atoms with Crippen LogP contribution in [0.25, 0.3) is 0 Å². The lowest BCUT2D eigenvalue weighted by atomic mass is 9.48. The zero-order valence-electron chi connectivity index (χ0n) is 9.55. The highest BCUT2D eigenvalue weighted by Gasteiger charge is 2.64. The fourth-order valence-corrected chi connectivity index (χ4v) is 6.12. The van der Waals surface area contributed by atoms with Crippen LogP contribution in [0.1, 0.15) is 52.4 Å². The highest BCUT2D eigenvalue weighted by atomic mass is 14.7. The van der Waals surface area contributed by atoms with Crippen LogP contribution in [0, 0.1) is 34.5 Å². The van der Waals surface area contributed by atoms with Crippen molar-refractivity contribution in [3.05, 3.63) is 0 Å². The van der Waals surface area contributed by atoms with Crippen LogP contribution in [0.5, 0.6) is 0 Å². The van der Waals surface area contributed by atoms with Gasteiger partial charge in [-0.05, 0) is 73.0 Å². The van der Waals surface area contributed by atoms with Crippen molar-refractivity contribution in [2.24, 2.45) is 34.5 Å². The molecule has 4 rings (SSSR count). The zero-order valence-corrected chi connectivity index (χ0v) is 9.55. The standard InChI is InChI=1S/C14H22/c1-13-5-9-3-10(6-13)12-8-14(13,2)7-11(12)4-9/h9-12H,3-8H2,1-2H3/t9?,10?,11?,12?,13-,14+/m1/s1. The van der Waals surface area contributed by atoms with Crippen LogP contribution in [-0.4, -0.2) is 0 Å². The molecule has 0 aromatic carbocycles. The summed E-state index contributed by atoms with van der Waals surface area (Å²) in [6.45, 7) is 5.24. The van der Waals surface area contributed by atoms with Gasteiger partial charge in [0.2, 0.25) is 0 Å². The Labute approximate surface area is 87.5 Å². The summed E-state index contributed by atoms with van der Waals surface area (Å²) in [5.41, 5.74) is 1.48. The maximum Gasteiger partial charge on any atom is -0.0266 e. The third kappa shape index (κ3) is 0.717. The lowest BCUT2D eigenvalue weighted by Gasteiger charge is -2.57. The highest BCUT2D eigenvalue weighted by Crippen LogP contribution is 2.73. The molecule has 4 saturated carbocycles. The third-order valence-electron chi connectivity index (χ3n) is 6.79. The average molecular weight is 190 g/mol. The Morgan fingerprint density at radius 2 is 1.36 bits per heavy atom. The predicted molar refractivity (Wildman–Crippen MR) is 57.9 cm³/mol. The number of rotatable bonds is 0. The van der Waals surface area contributed by atoms with E-state index >= 15 is 0 Å². The Balaban J connectivity index is 1.90. The minimum absolute atomic E-state index is 0.738. The molecule has 0 nitrogen and oxygen atoms in total. The lowest BCUT2D eigenvalue weighted by molar-refractivity contribution is -0.0750. The fourth-order valence-electron chi connectivity index (χ4n) is 6.12. The maximum atomic E-state index is 2.62. The predicted octanol–water partition coefficient (Wildman–Crippen LogP) is 3.86. The monoisotopic (exact) mass is 190 g/mol. The molecule has 0 aliphatic heterocycles. The summed E-state index contributed by atoms with van der Waals surface area (Å²) in [6, 6.07) is 0. The summed E-state index contributed by atoms with van der Waals surface area (Å²) in [7, 11) is 0. The van der Waals surface area contributed by atoms with Crippen LogP contribution in [0.15, 0.2) is 0 Å². The van der Waals surface area contributed by atoms with Gasteiger partial charge in [-0.15, -0.1) is 0 Å². The van der Waals surface area contributed by atoms with E-state index in [4.69, 9.17) is 0 Å². The van der Waals surface area contributed by atoms with Crippen LogP contribution in [-0.2, 0) is 0 Å². The van der Waals surface area contributed by atoms with E-state index in [1.54, 1.807) is 38.5 Å². The molecule has 0 amide bonds. The Kier molecular flexibility index (Phi) is 1.22. The SMILES string of the molecule is C[C@@]12CC3CC4CC(C[C@@]1(C)C4)C3C2. The van der Waals surface area contributed by atoms with E-state index in [1.807, 2.05) is 0 Å². The van der Waals surface area contributed by atoms with E-state index in [0.717, 1.165) is 34.5 Å². The lowest BCUT2D eigenvalue weighted by Crippen LogP contribution is -2.48. The molecule has 0 heterocycles. The Morgan fingerprint density at radius 1 is 0.786 bits per heavy atom. The van der Waals surface area contributed by atoms with E-state index in [-0.39, 0.29) is 0 Å². The van der Waals surface area contributed by atoms with Crippen LogP contribution in [0.3, 0.4) is 0 Å². The van der Waals surface area contributed by atoms with Crippen LogP contribution in [0.4, 0.5) is 0 Å². The van der Waals surface area contributed by atoms with Crippen molar-refractivity contribution in [1.82, 2.24) is 0 Å². The first kappa shape index (κ1) is 8.19. The van der Waals surface area contributed by atoms with Crippen molar-refractivity contribution in [1.29, 1.82) is 0 Å². The minimum Gasteiger partial charge on any atom is -0.0591 e. The summed E-state index contributed by atoms with van der Waals surface area (Å²) < 4.78 is 0. The molecular weight excluding hydrogens is 168 g/mol. The van der Waals surface area contributed by atoms with Gasteiger partial charge in [-0.25, -0.2) is 0 Å². The Hall–Kier alpha value is 0. The van der Waals surface area contributed by atoms with Gasteiger partial charge in [0.25, 0.3) is 0 Å². The molecule has 0 aromatic heterocycles. The Morgan fingerprint density at radius 3 is 2.00 bits per heavy atom. The largest absolute Gasteiger partial charge is 0.0591 e. The maximum absolute atomic E-state index is 2.62. The molecule has 4 unspecified atom stereocenters. The molecule has 4 aliphatic carbocycles. The van der Waals surface area contributed by atoms with Gasteiger partial charge in [0, 0.05) is 0 Å². The van der Waals surface area contributed by atoms with E-state index in [2.05, 4.69) is 13.8 Å². The van der Waals surface area contributed by atoms with E-state index in [0.29, 0.717) is 0 Å². The number of fused-ring (bicyclic) bond motifs is 4. The fraction of sp³-hybridized carbons (Fsp3) is 1.00. The smallest absolute Gasteiger partial charge is 0.0266 e. The molecule has 14 heavy (non-hydrogen) atoms. The second kappa shape index (κ2) is 2.08. The molecule has 0 spiro atoms. The molecule has 6 atom stereocenters. The Bertz CT molecular complexity index is 282. The minimum atomic E-state index is 0.738. The molecule has 0 radical (unpaired) electrons. The molecular formula is C14H22. The van der Waals surface area contributed by atoms with Crippen molar-refractivity contribution in [2.45, 2.75) is 52.4 Å². The summed E-state index contributed by atoms with van der Waals surface area (Å²) in [5.74, 6) is 4.58. The van der Waals surface area contributed by atoms with Gasteiger partial charge in [0.15, 0.2) is 0 Å². The van der Waals surface area contributed by atoms with Crippen molar-refractivity contribution < 1.29 is 0 Å². The van der Waals surface area contributed by atoms with Gasteiger partial charge < -0.3 is 0 Å². The molecule has 0 saturated heterocycles. The first-order valence-corrected chi connectivity index (χ1v) is 6.60. The summed E-state index contributed by atoms with van der Waals surface area (Å²) >= 11 is 0. The van der Waals surface area contributed by atoms with Gasteiger partial charge in [-0.3, -0.25) is 0 Å². The summed E-state index contributed by atoms with van der Waals surface area (Å²) in [4.78, 5) is 0. The summed E-state index contributed by atoms with van der Waals surface area (Å²) in [5, 5.41) is 0. The first-order chi connectivity index (χ1) is 6.60. The average Bonchev–Trinajstić information content (AvgIpc) is 2.37. The molecule has 0 aromatic rings. The van der Waals surface area contributed by atoms with Crippen LogP contribution < -0.4 is 0 Å². The van der Waals surface area contributed by atoms with Gasteiger partial charge in [-0.2, -0.15) is 0 Å². The first-order valence-electron chi connectivity index (χ1n) is 6.60. The van der Waals surface area contributed by atoms with Crippen LogP contribution >= 0.6 is 0 Å². The van der Waals surface area contributed by atoms with Crippen molar-refractivity contribution >= 4 is 0 Å². The molecule has 4 fully saturated rings. The molecule has 4 aliphatic rings. The zero-order chi connectivity index (χ0) is 9.55. The molecule has 5 bridgehead atoms. The van der Waals surface area contributed by atoms with Gasteiger partial charge in [0.1, 0.15) is 0 Å². The normalized spacial score (nSPS) is 69.0. The quantitative estimate of drug-likeness (QED) is 0.544. The highest BCUT2D eigenvalue weighted by molar-refractivity contribution is 5.13. The third-order valence-corrected chi connectivity index (χ3v) is 6.79. The number of hydrogen-bond acceptors (Lipinski definition) is 0. The molecule has 0 N–H and O–H groups in total. The van der Waals surface area contributed by atoms with Gasteiger partial charge in [0.05, 0.1) is 0 Å². The van der Waals surface area contributed by atoms with E-state index < -0.39 is 0 Å². The van der Waals surface area contributed by atoms with E-state index in [1.165, 1.54) is 0 Å². The van der Waals surface area contributed by atoms with Gasteiger partial charge in [-0.1, -0.05) is 13.8 Å². The van der Waals surface area contributed by atoms with Crippen molar-refractivity contribution in [2.75, 3.05) is 0 Å². The second-order valence-electron chi connectivity index (χ2n) is 7.46. The summed E-state index contributed by atoms with van der Waals surface area (Å²) in [6.07, 6.45) is 9.54. The van der Waals surface area contributed by atoms with Crippen molar-refractivity contribution in [3.8, 4) is 0 Å².